The molecule has 0 aliphatic heterocycles. The summed E-state index contributed by atoms with van der Waals surface area (Å²) in [7, 11) is 0. The van der Waals surface area contributed by atoms with Crippen molar-refractivity contribution in [1.82, 2.24) is 5.32 Å². The van der Waals surface area contributed by atoms with Gasteiger partial charge in [-0.25, -0.2) is 0 Å². The lowest BCUT2D eigenvalue weighted by molar-refractivity contribution is 0.0804. The monoisotopic (exact) mass is 227 g/mol. The highest BCUT2D eigenvalue weighted by Gasteiger charge is 2.30. The Morgan fingerprint density at radius 3 is 2.50 bits per heavy atom. The first-order chi connectivity index (χ1) is 7.72. The zero-order valence-corrected chi connectivity index (χ0v) is 11.1. The van der Waals surface area contributed by atoms with Crippen molar-refractivity contribution in [1.29, 1.82) is 0 Å². The molecular weight excluding hydrogens is 198 g/mol. The second kappa shape index (κ2) is 7.29. The van der Waals surface area contributed by atoms with Crippen LogP contribution in [0.25, 0.3) is 0 Å². The van der Waals surface area contributed by atoms with Crippen LogP contribution in [0.3, 0.4) is 0 Å². The second-order valence-corrected chi connectivity index (χ2v) is 5.74. The summed E-state index contributed by atoms with van der Waals surface area (Å²) in [6, 6.07) is 0. The van der Waals surface area contributed by atoms with Gasteiger partial charge < -0.3 is 10.4 Å². The third-order valence-corrected chi connectivity index (χ3v) is 4.02. The van der Waals surface area contributed by atoms with Crippen molar-refractivity contribution in [3.8, 4) is 0 Å². The van der Waals surface area contributed by atoms with E-state index in [1.165, 1.54) is 44.9 Å². The first-order valence-corrected chi connectivity index (χ1v) is 7.04. The maximum Gasteiger partial charge on any atom is 0.0499 e. The summed E-state index contributed by atoms with van der Waals surface area (Å²) in [6.45, 7) is 7.03. The van der Waals surface area contributed by atoms with E-state index in [0.717, 1.165) is 19.0 Å². The lowest BCUT2D eigenvalue weighted by atomic mass is 9.74. The van der Waals surface area contributed by atoms with Gasteiger partial charge in [-0.2, -0.15) is 0 Å². The van der Waals surface area contributed by atoms with Gasteiger partial charge in [0.2, 0.25) is 0 Å². The fraction of sp³-hybridized carbons (Fsp3) is 1.00. The van der Waals surface area contributed by atoms with Crippen LogP contribution < -0.4 is 5.32 Å². The van der Waals surface area contributed by atoms with Gasteiger partial charge in [-0.05, 0) is 31.7 Å². The Balaban J connectivity index is 2.22. The van der Waals surface area contributed by atoms with Crippen LogP contribution in [0.5, 0.6) is 0 Å². The van der Waals surface area contributed by atoms with Gasteiger partial charge in [0.25, 0.3) is 0 Å². The van der Waals surface area contributed by atoms with Gasteiger partial charge in [0.05, 0.1) is 0 Å². The van der Waals surface area contributed by atoms with E-state index in [1.807, 2.05) is 0 Å². The van der Waals surface area contributed by atoms with E-state index in [1.54, 1.807) is 0 Å². The smallest absolute Gasteiger partial charge is 0.0499 e. The molecule has 96 valence electrons. The molecular formula is C14H29NO. The SMILES string of the molecule is CCCC(C)CNCC1(CO)CCCCC1. The number of nitrogens with one attached hydrogen (secondary N) is 1. The summed E-state index contributed by atoms with van der Waals surface area (Å²) in [5, 5.41) is 13.1. The maximum atomic E-state index is 9.57. The van der Waals surface area contributed by atoms with E-state index < -0.39 is 0 Å². The standard InChI is InChI=1S/C14H29NO/c1-3-7-13(2)10-15-11-14(12-16)8-5-4-6-9-14/h13,15-16H,3-12H2,1-2H3. The molecule has 16 heavy (non-hydrogen) atoms. The van der Waals surface area contributed by atoms with E-state index in [-0.39, 0.29) is 5.41 Å². The predicted octanol–water partition coefficient (Wildman–Crippen LogP) is 2.96. The topological polar surface area (TPSA) is 32.3 Å². The van der Waals surface area contributed by atoms with Crippen molar-refractivity contribution in [2.75, 3.05) is 19.7 Å². The molecule has 0 aromatic rings. The van der Waals surface area contributed by atoms with E-state index in [9.17, 15) is 5.11 Å². The van der Waals surface area contributed by atoms with Gasteiger partial charge >= 0.3 is 0 Å². The fourth-order valence-corrected chi connectivity index (χ4v) is 2.87. The summed E-state index contributed by atoms with van der Waals surface area (Å²) in [6.07, 6.45) is 8.94. The molecule has 0 saturated heterocycles. The van der Waals surface area contributed by atoms with Crippen molar-refractivity contribution < 1.29 is 5.11 Å². The van der Waals surface area contributed by atoms with Crippen LogP contribution in [0, 0.1) is 11.3 Å². The molecule has 0 radical (unpaired) electrons. The fourth-order valence-electron chi connectivity index (χ4n) is 2.87. The molecule has 1 saturated carbocycles. The van der Waals surface area contributed by atoms with Gasteiger partial charge in [0, 0.05) is 18.6 Å². The quantitative estimate of drug-likeness (QED) is 0.701. The molecule has 0 spiro atoms. The molecule has 0 amide bonds. The second-order valence-electron chi connectivity index (χ2n) is 5.74. The van der Waals surface area contributed by atoms with Gasteiger partial charge in [0.1, 0.15) is 0 Å². The largest absolute Gasteiger partial charge is 0.396 e. The molecule has 0 bridgehead atoms. The number of hydrogen-bond donors (Lipinski definition) is 2. The summed E-state index contributed by atoms with van der Waals surface area (Å²) in [4.78, 5) is 0. The first-order valence-electron chi connectivity index (χ1n) is 7.04. The highest BCUT2D eigenvalue weighted by molar-refractivity contribution is 4.84. The minimum atomic E-state index is 0.199. The van der Waals surface area contributed by atoms with E-state index in [2.05, 4.69) is 19.2 Å². The van der Waals surface area contributed by atoms with Crippen LogP contribution in [0.15, 0.2) is 0 Å². The molecule has 1 rings (SSSR count). The van der Waals surface area contributed by atoms with Crippen LogP contribution in [-0.2, 0) is 0 Å². The summed E-state index contributed by atoms with van der Waals surface area (Å²) >= 11 is 0. The van der Waals surface area contributed by atoms with Crippen molar-refractivity contribution in [3.05, 3.63) is 0 Å². The highest BCUT2D eigenvalue weighted by Crippen LogP contribution is 2.35. The Kier molecular flexibility index (Phi) is 6.37. The lowest BCUT2D eigenvalue weighted by Gasteiger charge is -2.36. The molecule has 0 aromatic heterocycles. The number of aliphatic hydroxyl groups is 1. The summed E-state index contributed by atoms with van der Waals surface area (Å²) < 4.78 is 0. The molecule has 1 aliphatic rings. The maximum absolute atomic E-state index is 9.57. The van der Waals surface area contributed by atoms with Crippen molar-refractivity contribution in [3.63, 3.8) is 0 Å². The molecule has 1 atom stereocenters. The third kappa shape index (κ3) is 4.42. The van der Waals surface area contributed by atoms with E-state index >= 15 is 0 Å². The zero-order valence-electron chi connectivity index (χ0n) is 11.1. The molecule has 0 heterocycles. The average Bonchev–Trinajstić information content (AvgIpc) is 2.31. The van der Waals surface area contributed by atoms with Gasteiger partial charge in [0.15, 0.2) is 0 Å². The van der Waals surface area contributed by atoms with Crippen molar-refractivity contribution >= 4 is 0 Å². The molecule has 1 fully saturated rings. The molecule has 2 nitrogen and oxygen atoms in total. The first kappa shape index (κ1) is 14.0. The zero-order chi connectivity index (χ0) is 11.9. The molecule has 2 heteroatoms. The molecule has 2 N–H and O–H groups in total. The minimum Gasteiger partial charge on any atom is -0.396 e. The Morgan fingerprint density at radius 2 is 1.94 bits per heavy atom. The molecule has 1 unspecified atom stereocenters. The van der Waals surface area contributed by atoms with Gasteiger partial charge in [-0.15, -0.1) is 0 Å². The van der Waals surface area contributed by atoms with Crippen LogP contribution in [-0.4, -0.2) is 24.8 Å². The number of aliphatic hydroxyl groups excluding tert-OH is 1. The Morgan fingerprint density at radius 1 is 1.25 bits per heavy atom. The van der Waals surface area contributed by atoms with E-state index in [0.29, 0.717) is 6.61 Å². The van der Waals surface area contributed by atoms with Crippen LogP contribution in [0.2, 0.25) is 0 Å². The van der Waals surface area contributed by atoms with Gasteiger partial charge in [-0.1, -0.05) is 39.5 Å². The lowest BCUT2D eigenvalue weighted by Crippen LogP contribution is -2.40. The normalized spacial score (nSPS) is 21.9. The van der Waals surface area contributed by atoms with Gasteiger partial charge in [-0.3, -0.25) is 0 Å². The minimum absolute atomic E-state index is 0.199. The van der Waals surface area contributed by atoms with Crippen molar-refractivity contribution in [2.45, 2.75) is 58.8 Å². The molecule has 0 aromatic carbocycles. The highest BCUT2D eigenvalue weighted by atomic mass is 16.3. The van der Waals surface area contributed by atoms with E-state index in [4.69, 9.17) is 0 Å². The summed E-state index contributed by atoms with van der Waals surface area (Å²) in [5.74, 6) is 0.768. The van der Waals surface area contributed by atoms with Crippen molar-refractivity contribution in [2.24, 2.45) is 11.3 Å². The Hall–Kier alpha value is -0.0800. The molecule has 1 aliphatic carbocycles. The third-order valence-electron chi connectivity index (χ3n) is 4.02. The predicted molar refractivity (Wildman–Crippen MR) is 69.5 cm³/mol. The Bertz CT molecular complexity index is 176. The summed E-state index contributed by atoms with van der Waals surface area (Å²) in [5.41, 5.74) is 0.199. The average molecular weight is 227 g/mol. The number of rotatable bonds is 7. The van der Waals surface area contributed by atoms with Crippen LogP contribution in [0.1, 0.15) is 58.8 Å². The van der Waals surface area contributed by atoms with Crippen LogP contribution >= 0.6 is 0 Å². The Labute approximate surface area is 101 Å². The number of hydrogen-bond acceptors (Lipinski definition) is 2. The van der Waals surface area contributed by atoms with Crippen LogP contribution in [0.4, 0.5) is 0 Å².